The normalized spacial score (nSPS) is 17.7. The number of methoxy groups -OCH3 is 2. The zero-order valence-corrected chi connectivity index (χ0v) is 20.0. The highest BCUT2D eigenvalue weighted by atomic mass is 16.5. The average Bonchev–Trinajstić information content (AvgIpc) is 2.75. The lowest BCUT2D eigenvalue weighted by Gasteiger charge is -2.33. The molecule has 0 bridgehead atoms. The van der Waals surface area contributed by atoms with Gasteiger partial charge in [0.05, 0.1) is 39.6 Å². The van der Waals surface area contributed by atoms with E-state index in [4.69, 9.17) is 14.2 Å². The Kier molecular flexibility index (Phi) is 9.40. The van der Waals surface area contributed by atoms with Crippen LogP contribution in [0.3, 0.4) is 0 Å². The van der Waals surface area contributed by atoms with Gasteiger partial charge in [0.2, 0.25) is 0 Å². The summed E-state index contributed by atoms with van der Waals surface area (Å²) < 4.78 is 16.2. The fourth-order valence-corrected chi connectivity index (χ4v) is 3.55. The first-order valence-corrected chi connectivity index (χ1v) is 11.0. The number of β-amino-alcohol motifs (C(OH)–C–C–N with tert-alkyl or cyclic N) is 1. The minimum atomic E-state index is -0.904. The molecule has 1 aromatic rings. The Morgan fingerprint density at radius 2 is 1.81 bits per heavy atom. The molecule has 0 amide bonds. The van der Waals surface area contributed by atoms with Crippen LogP contribution in [0.15, 0.2) is 23.2 Å². The van der Waals surface area contributed by atoms with Crippen LogP contribution < -0.4 is 20.1 Å². The summed E-state index contributed by atoms with van der Waals surface area (Å²) in [7, 11) is 3.28. The number of ether oxygens (including phenoxy) is 3. The summed E-state index contributed by atoms with van der Waals surface area (Å²) in [6.07, 6.45) is 0. The number of morpholine rings is 1. The molecule has 1 aromatic carbocycles. The van der Waals surface area contributed by atoms with E-state index in [1.807, 2.05) is 26.0 Å². The van der Waals surface area contributed by atoms with Crippen molar-refractivity contribution in [2.45, 2.75) is 38.7 Å². The Hall–Kier alpha value is -2.03. The van der Waals surface area contributed by atoms with Crippen LogP contribution >= 0.6 is 0 Å². The summed E-state index contributed by atoms with van der Waals surface area (Å²) in [5.74, 6) is 2.12. The molecule has 0 spiro atoms. The molecule has 31 heavy (non-hydrogen) atoms. The predicted molar refractivity (Wildman–Crippen MR) is 124 cm³/mol. The van der Waals surface area contributed by atoms with Gasteiger partial charge in [0, 0.05) is 38.1 Å². The fraction of sp³-hybridized carbons (Fsp3) is 0.696. The molecule has 3 N–H and O–H groups in total. The van der Waals surface area contributed by atoms with Gasteiger partial charge in [-0.1, -0.05) is 19.9 Å². The summed E-state index contributed by atoms with van der Waals surface area (Å²) >= 11 is 0. The molecule has 1 fully saturated rings. The first-order chi connectivity index (χ1) is 14.7. The standard InChI is InChI=1S/C23H40N4O4/c1-7-24-21(26-16-23(4,28)17-27-10-12-31-13-11-27)25-15-22(2,3)18-8-9-19(29-5)20(14-18)30-6/h8-9,14,28H,7,10-13,15-17H2,1-6H3,(H2,24,25,26). The Morgan fingerprint density at radius 3 is 2.42 bits per heavy atom. The van der Waals surface area contributed by atoms with Crippen molar-refractivity contribution in [3.63, 3.8) is 0 Å². The van der Waals surface area contributed by atoms with Crippen molar-refractivity contribution in [3.05, 3.63) is 23.8 Å². The third-order valence-electron chi connectivity index (χ3n) is 5.45. The number of nitrogens with zero attached hydrogens (tertiary/aromatic N) is 2. The molecular formula is C23H40N4O4. The van der Waals surface area contributed by atoms with Gasteiger partial charge in [-0.3, -0.25) is 9.89 Å². The lowest BCUT2D eigenvalue weighted by atomic mass is 9.84. The molecule has 1 unspecified atom stereocenters. The number of aliphatic imine (C=N–C) groups is 1. The first-order valence-electron chi connectivity index (χ1n) is 11.0. The largest absolute Gasteiger partial charge is 0.493 e. The number of hydrogen-bond donors (Lipinski definition) is 3. The highest BCUT2D eigenvalue weighted by molar-refractivity contribution is 5.79. The second-order valence-electron chi connectivity index (χ2n) is 8.89. The van der Waals surface area contributed by atoms with Gasteiger partial charge >= 0.3 is 0 Å². The molecular weight excluding hydrogens is 396 g/mol. The molecule has 8 nitrogen and oxygen atoms in total. The molecule has 0 radical (unpaired) electrons. The van der Waals surface area contributed by atoms with Crippen LogP contribution in [0.4, 0.5) is 0 Å². The Balaban J connectivity index is 2.01. The van der Waals surface area contributed by atoms with Crippen molar-refractivity contribution in [1.29, 1.82) is 0 Å². The molecule has 176 valence electrons. The van der Waals surface area contributed by atoms with E-state index in [0.717, 1.165) is 38.4 Å². The van der Waals surface area contributed by atoms with Crippen molar-refractivity contribution in [1.82, 2.24) is 15.5 Å². The molecule has 1 aliphatic heterocycles. The van der Waals surface area contributed by atoms with Gasteiger partial charge in [-0.2, -0.15) is 0 Å². The Labute approximate surface area is 187 Å². The van der Waals surface area contributed by atoms with Crippen molar-refractivity contribution in [2.75, 3.05) is 66.7 Å². The highest BCUT2D eigenvalue weighted by Gasteiger charge is 2.26. The number of nitrogens with one attached hydrogen (secondary N) is 2. The quantitative estimate of drug-likeness (QED) is 0.379. The summed E-state index contributed by atoms with van der Waals surface area (Å²) in [5, 5.41) is 17.5. The molecule has 0 saturated carbocycles. The van der Waals surface area contributed by atoms with E-state index < -0.39 is 5.60 Å². The highest BCUT2D eigenvalue weighted by Crippen LogP contribution is 2.32. The lowest BCUT2D eigenvalue weighted by Crippen LogP contribution is -2.48. The monoisotopic (exact) mass is 436 g/mol. The zero-order chi connectivity index (χ0) is 22.9. The number of benzene rings is 1. The van der Waals surface area contributed by atoms with E-state index in [1.54, 1.807) is 14.2 Å². The third-order valence-corrected chi connectivity index (χ3v) is 5.45. The van der Waals surface area contributed by atoms with Crippen molar-refractivity contribution >= 4 is 5.96 Å². The van der Waals surface area contributed by atoms with E-state index in [0.29, 0.717) is 37.1 Å². The van der Waals surface area contributed by atoms with Crippen LogP contribution in [0.1, 0.15) is 33.3 Å². The van der Waals surface area contributed by atoms with Crippen LogP contribution in [-0.4, -0.2) is 88.3 Å². The molecule has 1 heterocycles. The molecule has 8 heteroatoms. The number of guanidine groups is 1. The maximum atomic E-state index is 10.8. The van der Waals surface area contributed by atoms with Crippen LogP contribution in [0.2, 0.25) is 0 Å². The van der Waals surface area contributed by atoms with Gasteiger partial charge in [0.15, 0.2) is 17.5 Å². The molecule has 0 aliphatic carbocycles. The van der Waals surface area contributed by atoms with Gasteiger partial charge in [-0.05, 0) is 31.5 Å². The predicted octanol–water partition coefficient (Wildman–Crippen LogP) is 1.62. The lowest BCUT2D eigenvalue weighted by molar-refractivity contribution is -0.0180. The smallest absolute Gasteiger partial charge is 0.191 e. The minimum Gasteiger partial charge on any atom is -0.493 e. The van der Waals surface area contributed by atoms with Crippen molar-refractivity contribution < 1.29 is 19.3 Å². The third kappa shape index (κ3) is 7.87. The summed E-state index contributed by atoms with van der Waals surface area (Å²) in [6.45, 7) is 13.6. The summed E-state index contributed by atoms with van der Waals surface area (Å²) in [5.41, 5.74) is 0.0535. The van der Waals surface area contributed by atoms with E-state index in [1.165, 1.54) is 0 Å². The second kappa shape index (κ2) is 11.5. The SMILES string of the molecule is CCNC(=NCC(C)(O)CN1CCOCC1)NCC(C)(C)c1ccc(OC)c(OC)c1. The van der Waals surface area contributed by atoms with Crippen LogP contribution in [0.25, 0.3) is 0 Å². The number of hydrogen-bond acceptors (Lipinski definition) is 6. The first kappa shape index (κ1) is 25.2. The molecule has 1 saturated heterocycles. The number of aliphatic hydroxyl groups is 1. The molecule has 1 atom stereocenters. The maximum Gasteiger partial charge on any atom is 0.191 e. The Bertz CT molecular complexity index is 716. The number of rotatable bonds is 10. The average molecular weight is 437 g/mol. The van der Waals surface area contributed by atoms with E-state index >= 15 is 0 Å². The molecule has 0 aromatic heterocycles. The summed E-state index contributed by atoms with van der Waals surface area (Å²) in [4.78, 5) is 6.87. The van der Waals surface area contributed by atoms with Crippen LogP contribution in [0.5, 0.6) is 11.5 Å². The van der Waals surface area contributed by atoms with Crippen LogP contribution in [-0.2, 0) is 10.2 Å². The van der Waals surface area contributed by atoms with Gasteiger partial charge in [-0.25, -0.2) is 0 Å². The Morgan fingerprint density at radius 1 is 1.13 bits per heavy atom. The van der Waals surface area contributed by atoms with E-state index in [2.05, 4.69) is 40.4 Å². The van der Waals surface area contributed by atoms with E-state index in [-0.39, 0.29) is 5.41 Å². The van der Waals surface area contributed by atoms with Gasteiger partial charge in [-0.15, -0.1) is 0 Å². The van der Waals surface area contributed by atoms with E-state index in [9.17, 15) is 5.11 Å². The fourth-order valence-electron chi connectivity index (χ4n) is 3.55. The minimum absolute atomic E-state index is 0.175. The zero-order valence-electron chi connectivity index (χ0n) is 20.0. The van der Waals surface area contributed by atoms with Gasteiger partial charge < -0.3 is 30.0 Å². The molecule has 2 rings (SSSR count). The van der Waals surface area contributed by atoms with Crippen LogP contribution in [0, 0.1) is 0 Å². The van der Waals surface area contributed by atoms with Crippen molar-refractivity contribution in [2.24, 2.45) is 4.99 Å². The van der Waals surface area contributed by atoms with Crippen molar-refractivity contribution in [3.8, 4) is 11.5 Å². The summed E-state index contributed by atoms with van der Waals surface area (Å²) in [6, 6.07) is 6.00. The maximum absolute atomic E-state index is 10.8. The second-order valence-corrected chi connectivity index (χ2v) is 8.89. The van der Waals surface area contributed by atoms with Gasteiger partial charge in [0.25, 0.3) is 0 Å². The van der Waals surface area contributed by atoms with Gasteiger partial charge in [0.1, 0.15) is 0 Å². The topological polar surface area (TPSA) is 87.6 Å². The molecule has 1 aliphatic rings.